The van der Waals surface area contributed by atoms with Crippen molar-refractivity contribution in [2.45, 2.75) is 45.6 Å². The number of carbonyl (C=O) groups is 2. The van der Waals surface area contributed by atoms with E-state index >= 15 is 0 Å². The van der Waals surface area contributed by atoms with E-state index in [2.05, 4.69) is 47.6 Å². The van der Waals surface area contributed by atoms with Crippen LogP contribution < -0.4 is 5.32 Å². The molecule has 2 aliphatic rings. The first-order valence-electron chi connectivity index (χ1n) is 11.7. The van der Waals surface area contributed by atoms with Crippen LogP contribution in [-0.2, 0) is 4.79 Å². The number of hydrogen-bond donors (Lipinski definition) is 2. The van der Waals surface area contributed by atoms with Gasteiger partial charge in [0, 0.05) is 45.2 Å². The van der Waals surface area contributed by atoms with Crippen LogP contribution >= 0.6 is 0 Å². The second kappa shape index (κ2) is 9.45. The number of carbonyl (C=O) groups excluding carboxylic acids is 2. The predicted octanol–water partition coefficient (Wildman–Crippen LogP) is 3.00. The van der Waals surface area contributed by atoms with Crippen LogP contribution in [0.25, 0.3) is 11.3 Å². The average molecular weight is 438 g/mol. The SMILES string of the molecule is Cc1ccc(-c2cc(C(=O)N3CC4CN[C@H](CCCC(=O)N(C)C)C(C4)C3)[nH]n2)cc1C. The number of aromatic nitrogens is 2. The van der Waals surface area contributed by atoms with Gasteiger partial charge in [-0.1, -0.05) is 12.1 Å². The first-order valence-corrected chi connectivity index (χ1v) is 11.7. The lowest BCUT2D eigenvalue weighted by Crippen LogP contribution is -2.57. The minimum Gasteiger partial charge on any atom is -0.349 e. The van der Waals surface area contributed by atoms with Crippen molar-refractivity contribution in [1.82, 2.24) is 25.3 Å². The second-order valence-electron chi connectivity index (χ2n) is 9.73. The normalized spacial score (nSPS) is 22.6. The fraction of sp³-hybridized carbons (Fsp3) is 0.560. The molecule has 1 aromatic heterocycles. The number of nitrogens with zero attached hydrogens (tertiary/aromatic N) is 3. The van der Waals surface area contributed by atoms with Crippen molar-refractivity contribution in [2.75, 3.05) is 33.7 Å². The summed E-state index contributed by atoms with van der Waals surface area (Å²) in [5.74, 6) is 1.13. The van der Waals surface area contributed by atoms with E-state index in [0.29, 0.717) is 30.0 Å². The zero-order chi connectivity index (χ0) is 22.8. The fourth-order valence-corrected chi connectivity index (χ4v) is 5.02. The molecule has 2 saturated heterocycles. The summed E-state index contributed by atoms with van der Waals surface area (Å²) in [6.45, 7) is 6.65. The molecule has 0 spiro atoms. The minimum atomic E-state index is 0.0331. The third-order valence-electron chi connectivity index (χ3n) is 7.11. The van der Waals surface area contributed by atoms with Gasteiger partial charge in [0.05, 0.1) is 5.69 Å². The van der Waals surface area contributed by atoms with Gasteiger partial charge in [-0.2, -0.15) is 5.10 Å². The lowest BCUT2D eigenvalue weighted by Gasteiger charge is -2.46. The Morgan fingerprint density at radius 2 is 1.97 bits per heavy atom. The van der Waals surface area contributed by atoms with Crippen LogP contribution in [0, 0.1) is 25.7 Å². The summed E-state index contributed by atoms with van der Waals surface area (Å²) in [6.07, 6.45) is 3.59. The Labute approximate surface area is 190 Å². The lowest BCUT2D eigenvalue weighted by molar-refractivity contribution is -0.128. The first-order chi connectivity index (χ1) is 15.3. The van der Waals surface area contributed by atoms with E-state index in [-0.39, 0.29) is 11.8 Å². The molecule has 2 bridgehead atoms. The zero-order valence-corrected chi connectivity index (χ0v) is 19.6. The third-order valence-corrected chi connectivity index (χ3v) is 7.11. The molecular formula is C25H35N5O2. The van der Waals surface area contributed by atoms with E-state index in [1.165, 1.54) is 11.1 Å². The fourth-order valence-electron chi connectivity index (χ4n) is 5.02. The molecule has 3 atom stereocenters. The van der Waals surface area contributed by atoms with E-state index in [0.717, 1.165) is 50.2 Å². The summed E-state index contributed by atoms with van der Waals surface area (Å²) in [4.78, 5) is 28.8. The summed E-state index contributed by atoms with van der Waals surface area (Å²) in [5.41, 5.74) is 4.84. The van der Waals surface area contributed by atoms with E-state index < -0.39 is 0 Å². The van der Waals surface area contributed by atoms with Crippen LogP contribution in [-0.4, -0.2) is 71.6 Å². The summed E-state index contributed by atoms with van der Waals surface area (Å²) >= 11 is 0. The molecule has 1 aromatic carbocycles. The molecule has 0 aliphatic carbocycles. The Balaban J connectivity index is 1.39. The Hall–Kier alpha value is -2.67. The largest absolute Gasteiger partial charge is 0.349 e. The van der Waals surface area contributed by atoms with Gasteiger partial charge < -0.3 is 15.1 Å². The van der Waals surface area contributed by atoms with Crippen molar-refractivity contribution in [3.8, 4) is 11.3 Å². The van der Waals surface area contributed by atoms with Crippen molar-refractivity contribution in [1.29, 1.82) is 0 Å². The maximum atomic E-state index is 13.3. The smallest absolute Gasteiger partial charge is 0.271 e. The van der Waals surface area contributed by atoms with Crippen molar-refractivity contribution in [2.24, 2.45) is 11.8 Å². The molecular weight excluding hydrogens is 402 g/mol. The molecule has 2 fully saturated rings. The summed E-state index contributed by atoms with van der Waals surface area (Å²) in [5, 5.41) is 11.1. The molecule has 3 heterocycles. The predicted molar refractivity (Wildman–Crippen MR) is 125 cm³/mol. The molecule has 2 unspecified atom stereocenters. The number of piperidine rings is 2. The van der Waals surface area contributed by atoms with Crippen molar-refractivity contribution < 1.29 is 9.59 Å². The third kappa shape index (κ3) is 4.88. The monoisotopic (exact) mass is 437 g/mol. The average Bonchev–Trinajstić information content (AvgIpc) is 3.26. The van der Waals surface area contributed by atoms with Gasteiger partial charge in [0.15, 0.2) is 0 Å². The van der Waals surface area contributed by atoms with Crippen LogP contribution in [0.5, 0.6) is 0 Å². The van der Waals surface area contributed by atoms with Crippen LogP contribution in [0.3, 0.4) is 0 Å². The number of benzene rings is 1. The second-order valence-corrected chi connectivity index (χ2v) is 9.73. The Morgan fingerprint density at radius 1 is 1.16 bits per heavy atom. The van der Waals surface area contributed by atoms with Crippen LogP contribution in [0.4, 0.5) is 0 Å². The minimum absolute atomic E-state index is 0.0331. The number of rotatable bonds is 6. The summed E-state index contributed by atoms with van der Waals surface area (Å²) in [6, 6.07) is 8.49. The molecule has 0 saturated carbocycles. The molecule has 4 rings (SSSR count). The molecule has 2 amide bonds. The number of likely N-dealkylation sites (tertiary alicyclic amines) is 1. The molecule has 0 radical (unpaired) electrons. The number of H-pyrrole nitrogens is 1. The van der Waals surface area contributed by atoms with Crippen LogP contribution in [0.15, 0.2) is 24.3 Å². The molecule has 2 aromatic rings. The molecule has 7 heteroatoms. The quantitative estimate of drug-likeness (QED) is 0.728. The van der Waals surface area contributed by atoms with Crippen molar-refractivity contribution >= 4 is 11.8 Å². The van der Waals surface area contributed by atoms with E-state index in [1.807, 2.05) is 11.0 Å². The van der Waals surface area contributed by atoms with Gasteiger partial charge in [0.25, 0.3) is 5.91 Å². The molecule has 2 N–H and O–H groups in total. The first kappa shape index (κ1) is 22.5. The van der Waals surface area contributed by atoms with Gasteiger partial charge in [-0.25, -0.2) is 0 Å². The topological polar surface area (TPSA) is 81.3 Å². The Kier molecular flexibility index (Phi) is 6.65. The van der Waals surface area contributed by atoms with E-state index in [1.54, 1.807) is 19.0 Å². The molecule has 2 aliphatic heterocycles. The van der Waals surface area contributed by atoms with E-state index in [9.17, 15) is 9.59 Å². The molecule has 172 valence electrons. The van der Waals surface area contributed by atoms with Gasteiger partial charge in [-0.15, -0.1) is 0 Å². The number of aromatic amines is 1. The Bertz CT molecular complexity index is 982. The summed E-state index contributed by atoms with van der Waals surface area (Å²) < 4.78 is 0. The number of amides is 2. The highest BCUT2D eigenvalue weighted by molar-refractivity contribution is 5.93. The summed E-state index contributed by atoms with van der Waals surface area (Å²) in [7, 11) is 3.61. The standard InChI is InChI=1S/C25H35N5O2/c1-16-8-9-19(10-17(16)2)22-12-23(28-27-22)25(32)30-14-18-11-20(15-30)21(26-13-18)6-5-7-24(31)29(3)4/h8-10,12,18,20-21,26H,5-7,11,13-15H2,1-4H3,(H,27,28)/t18?,20?,21-/m1/s1. The van der Waals surface area contributed by atoms with Crippen LogP contribution in [0.2, 0.25) is 0 Å². The van der Waals surface area contributed by atoms with Crippen LogP contribution in [0.1, 0.15) is 47.3 Å². The Morgan fingerprint density at radius 3 is 2.72 bits per heavy atom. The number of aryl methyl sites for hydroxylation is 2. The maximum absolute atomic E-state index is 13.3. The lowest BCUT2D eigenvalue weighted by atomic mass is 9.79. The van der Waals surface area contributed by atoms with Gasteiger partial charge in [-0.3, -0.25) is 14.7 Å². The number of fused-ring (bicyclic) bond motifs is 2. The van der Waals surface area contributed by atoms with Crippen molar-refractivity contribution in [3.05, 3.63) is 41.1 Å². The van der Waals surface area contributed by atoms with Gasteiger partial charge >= 0.3 is 0 Å². The van der Waals surface area contributed by atoms with Gasteiger partial charge in [0.1, 0.15) is 5.69 Å². The maximum Gasteiger partial charge on any atom is 0.271 e. The van der Waals surface area contributed by atoms with E-state index in [4.69, 9.17) is 0 Å². The number of nitrogens with one attached hydrogen (secondary N) is 2. The zero-order valence-electron chi connectivity index (χ0n) is 19.6. The molecule has 7 nitrogen and oxygen atoms in total. The number of hydrogen-bond acceptors (Lipinski definition) is 4. The van der Waals surface area contributed by atoms with Gasteiger partial charge in [-0.05, 0) is 74.8 Å². The highest BCUT2D eigenvalue weighted by atomic mass is 16.2. The van der Waals surface area contributed by atoms with Gasteiger partial charge in [0.2, 0.25) is 5.91 Å². The highest BCUT2D eigenvalue weighted by Gasteiger charge is 2.38. The highest BCUT2D eigenvalue weighted by Crippen LogP contribution is 2.31. The molecule has 32 heavy (non-hydrogen) atoms. The van der Waals surface area contributed by atoms with Crippen molar-refractivity contribution in [3.63, 3.8) is 0 Å².